The summed E-state index contributed by atoms with van der Waals surface area (Å²) < 4.78 is 22.0. The van der Waals surface area contributed by atoms with E-state index in [1.165, 1.54) is 0 Å². The first-order valence-corrected chi connectivity index (χ1v) is 9.92. The van der Waals surface area contributed by atoms with Gasteiger partial charge in [0.2, 0.25) is 10.0 Å². The van der Waals surface area contributed by atoms with Gasteiger partial charge >= 0.3 is 6.03 Å². The number of nitrogens with zero attached hydrogens (tertiary/aromatic N) is 2. The molecule has 1 heterocycles. The van der Waals surface area contributed by atoms with Gasteiger partial charge in [-0.1, -0.05) is 27.7 Å². The monoisotopic (exact) mass is 346 g/mol. The van der Waals surface area contributed by atoms with Crippen molar-refractivity contribution in [2.24, 2.45) is 21.9 Å². The third-order valence-electron chi connectivity index (χ3n) is 6.13. The van der Waals surface area contributed by atoms with Gasteiger partial charge in [-0.3, -0.25) is 4.90 Å². The molecule has 2 aliphatic rings. The van der Waals surface area contributed by atoms with E-state index in [4.69, 9.17) is 5.14 Å². The molecule has 0 aromatic heterocycles. The molecule has 134 valence electrons. The summed E-state index contributed by atoms with van der Waals surface area (Å²) in [6.07, 6.45) is 0. The average molecular weight is 346 g/mol. The Morgan fingerprint density at radius 1 is 1.13 bits per heavy atom. The molecule has 1 saturated heterocycles. The van der Waals surface area contributed by atoms with E-state index in [0.717, 1.165) is 0 Å². The fourth-order valence-corrected chi connectivity index (χ4v) is 4.09. The third kappa shape index (κ3) is 4.16. The summed E-state index contributed by atoms with van der Waals surface area (Å²) in [5.74, 6) is 0.473. The zero-order valence-corrected chi connectivity index (χ0v) is 15.4. The zero-order valence-electron chi connectivity index (χ0n) is 14.6. The first kappa shape index (κ1) is 18.5. The number of carbonyl (C=O) groups is 1. The van der Waals surface area contributed by atoms with Crippen LogP contribution in [0.4, 0.5) is 4.79 Å². The van der Waals surface area contributed by atoms with Crippen molar-refractivity contribution in [1.82, 2.24) is 15.1 Å². The summed E-state index contributed by atoms with van der Waals surface area (Å²) in [5, 5.41) is 8.07. The Balaban J connectivity index is 1.70. The van der Waals surface area contributed by atoms with Gasteiger partial charge < -0.3 is 10.2 Å². The molecule has 1 saturated carbocycles. The van der Waals surface area contributed by atoms with Gasteiger partial charge in [0.25, 0.3) is 0 Å². The highest BCUT2D eigenvalue weighted by atomic mass is 32.2. The minimum atomic E-state index is -3.42. The first-order chi connectivity index (χ1) is 10.4. The van der Waals surface area contributed by atoms with Gasteiger partial charge in [0.05, 0.1) is 5.75 Å². The van der Waals surface area contributed by atoms with Crippen molar-refractivity contribution in [1.29, 1.82) is 0 Å². The molecule has 2 fully saturated rings. The van der Waals surface area contributed by atoms with Crippen LogP contribution in [0.15, 0.2) is 0 Å². The molecule has 3 N–H and O–H groups in total. The minimum Gasteiger partial charge on any atom is -0.338 e. The van der Waals surface area contributed by atoms with Crippen LogP contribution in [0, 0.1) is 16.7 Å². The quantitative estimate of drug-likeness (QED) is 0.747. The molecule has 0 radical (unpaired) electrons. The zero-order chi connectivity index (χ0) is 17.5. The topological polar surface area (TPSA) is 95.7 Å². The maximum absolute atomic E-state index is 12.3. The van der Waals surface area contributed by atoms with Crippen molar-refractivity contribution in [2.45, 2.75) is 27.7 Å². The fraction of sp³-hybridized carbons (Fsp3) is 0.933. The number of carbonyl (C=O) groups excluding carboxylic acids is 1. The van der Waals surface area contributed by atoms with Crippen molar-refractivity contribution in [3.8, 4) is 0 Å². The van der Waals surface area contributed by atoms with E-state index in [2.05, 4.69) is 33.0 Å². The lowest BCUT2D eigenvalue weighted by Gasteiger charge is -2.34. The van der Waals surface area contributed by atoms with Crippen molar-refractivity contribution in [2.75, 3.05) is 45.0 Å². The van der Waals surface area contributed by atoms with Crippen LogP contribution in [0.1, 0.15) is 27.7 Å². The van der Waals surface area contributed by atoms with Crippen LogP contribution in [-0.4, -0.2) is 69.3 Å². The Labute approximate surface area is 139 Å². The van der Waals surface area contributed by atoms with Crippen molar-refractivity contribution >= 4 is 16.1 Å². The Morgan fingerprint density at radius 2 is 1.65 bits per heavy atom. The Hall–Kier alpha value is -0.860. The lowest BCUT2D eigenvalue weighted by atomic mass is 10.0. The van der Waals surface area contributed by atoms with E-state index in [9.17, 15) is 13.2 Å². The van der Waals surface area contributed by atoms with E-state index >= 15 is 0 Å². The molecule has 0 aromatic carbocycles. The van der Waals surface area contributed by atoms with Crippen LogP contribution in [0.5, 0.6) is 0 Å². The molecular weight excluding hydrogens is 316 g/mol. The second-order valence-electron chi connectivity index (χ2n) is 7.88. The van der Waals surface area contributed by atoms with E-state index in [1.807, 2.05) is 4.90 Å². The number of sulfonamides is 1. The number of nitrogens with one attached hydrogen (secondary N) is 1. The van der Waals surface area contributed by atoms with Crippen LogP contribution in [-0.2, 0) is 10.0 Å². The molecule has 0 unspecified atom stereocenters. The standard InChI is InChI=1S/C15H30N4O3S/c1-14(2)12(15(14,3)4)11-17-13(20)19-7-5-18(6-8-19)9-10-23(16,21)22/h12H,5-11H2,1-4H3,(H,17,20)(H2,16,21,22). The number of rotatable bonds is 5. The van der Waals surface area contributed by atoms with Crippen LogP contribution in [0.25, 0.3) is 0 Å². The number of urea groups is 1. The second-order valence-corrected chi connectivity index (χ2v) is 9.61. The molecule has 2 rings (SSSR count). The molecule has 0 aromatic rings. The smallest absolute Gasteiger partial charge is 0.317 e. The molecule has 0 atom stereocenters. The van der Waals surface area contributed by atoms with Crippen molar-refractivity contribution < 1.29 is 13.2 Å². The van der Waals surface area contributed by atoms with E-state index in [0.29, 0.717) is 45.2 Å². The molecule has 0 bridgehead atoms. The van der Waals surface area contributed by atoms with E-state index in [1.54, 1.807) is 4.90 Å². The predicted octanol–water partition coefficient (Wildman–Crippen LogP) is 0.284. The normalized spacial score (nSPS) is 24.5. The summed E-state index contributed by atoms with van der Waals surface area (Å²) in [6, 6.07) is -0.0189. The Kier molecular flexibility index (Phi) is 4.99. The predicted molar refractivity (Wildman–Crippen MR) is 90.4 cm³/mol. The average Bonchev–Trinajstić information content (AvgIpc) is 2.83. The number of hydrogen-bond donors (Lipinski definition) is 2. The highest BCUT2D eigenvalue weighted by molar-refractivity contribution is 7.89. The first-order valence-electron chi connectivity index (χ1n) is 8.21. The highest BCUT2D eigenvalue weighted by Crippen LogP contribution is 2.67. The van der Waals surface area contributed by atoms with Gasteiger partial charge in [-0.2, -0.15) is 0 Å². The number of primary sulfonamides is 1. The van der Waals surface area contributed by atoms with Crippen LogP contribution < -0.4 is 10.5 Å². The van der Waals surface area contributed by atoms with Gasteiger partial charge in [-0.25, -0.2) is 18.4 Å². The summed E-state index contributed by atoms with van der Waals surface area (Å²) in [6.45, 7) is 12.7. The fourth-order valence-electron chi connectivity index (χ4n) is 3.58. The van der Waals surface area contributed by atoms with Gasteiger partial charge in [0.15, 0.2) is 0 Å². The molecule has 0 spiro atoms. The largest absolute Gasteiger partial charge is 0.338 e. The number of nitrogens with two attached hydrogens (primary N) is 1. The summed E-state index contributed by atoms with van der Waals surface area (Å²) >= 11 is 0. The molecule has 1 aliphatic carbocycles. The number of amides is 2. The highest BCUT2D eigenvalue weighted by Gasteiger charge is 2.64. The maximum Gasteiger partial charge on any atom is 0.317 e. The van der Waals surface area contributed by atoms with Gasteiger partial charge in [0, 0.05) is 39.3 Å². The number of hydrogen-bond acceptors (Lipinski definition) is 4. The SMILES string of the molecule is CC1(C)C(CNC(=O)N2CCN(CCS(N)(=O)=O)CC2)C1(C)C. The number of piperazine rings is 1. The van der Waals surface area contributed by atoms with Crippen LogP contribution in [0.2, 0.25) is 0 Å². The molecule has 7 nitrogen and oxygen atoms in total. The maximum atomic E-state index is 12.3. The van der Waals surface area contributed by atoms with E-state index < -0.39 is 10.0 Å². The summed E-state index contributed by atoms with van der Waals surface area (Å²) in [4.78, 5) is 16.1. The Morgan fingerprint density at radius 3 is 2.09 bits per heavy atom. The summed E-state index contributed by atoms with van der Waals surface area (Å²) in [5.41, 5.74) is 0.541. The molecule has 1 aliphatic heterocycles. The van der Waals surface area contributed by atoms with Gasteiger partial charge in [-0.05, 0) is 16.7 Å². The molecule has 23 heavy (non-hydrogen) atoms. The van der Waals surface area contributed by atoms with Crippen molar-refractivity contribution in [3.63, 3.8) is 0 Å². The molecular formula is C15H30N4O3S. The molecule has 8 heteroatoms. The minimum absolute atomic E-state index is 0.0189. The molecule has 2 amide bonds. The van der Waals surface area contributed by atoms with Crippen LogP contribution in [0.3, 0.4) is 0 Å². The van der Waals surface area contributed by atoms with Crippen LogP contribution >= 0.6 is 0 Å². The summed E-state index contributed by atoms with van der Waals surface area (Å²) in [7, 11) is -3.42. The Bertz CT molecular complexity index is 537. The lowest BCUT2D eigenvalue weighted by molar-refractivity contribution is 0.143. The van der Waals surface area contributed by atoms with Gasteiger partial charge in [0.1, 0.15) is 0 Å². The second kappa shape index (κ2) is 6.22. The third-order valence-corrected chi connectivity index (χ3v) is 6.88. The van der Waals surface area contributed by atoms with Gasteiger partial charge in [-0.15, -0.1) is 0 Å². The lowest BCUT2D eigenvalue weighted by Crippen LogP contribution is -2.52. The van der Waals surface area contributed by atoms with Crippen molar-refractivity contribution in [3.05, 3.63) is 0 Å². The van der Waals surface area contributed by atoms with E-state index in [-0.39, 0.29) is 22.6 Å².